The number of aromatic nitrogens is 2. The van der Waals surface area contributed by atoms with Gasteiger partial charge in [0.05, 0.1) is 11.3 Å². The lowest BCUT2D eigenvalue weighted by Gasteiger charge is -2.00. The number of rotatable bonds is 5. The molecular formula is C11H17ClN2O. The summed E-state index contributed by atoms with van der Waals surface area (Å²) in [6, 6.07) is 0. The molecule has 0 amide bonds. The van der Waals surface area contributed by atoms with Gasteiger partial charge in [-0.1, -0.05) is 32.4 Å². The standard InChI is InChI=1S/C11H17ClN2O/c1-4-5-14-11(12)9(7-15)10(13-14)6-8(2)3/h7-8H,4-6H2,1-3H3. The Hall–Kier alpha value is -0.830. The zero-order chi connectivity index (χ0) is 11.4. The highest BCUT2D eigenvalue weighted by Gasteiger charge is 2.15. The minimum atomic E-state index is 0.475. The second-order valence-corrected chi connectivity index (χ2v) is 4.45. The Balaban J connectivity index is 3.04. The van der Waals surface area contributed by atoms with E-state index in [9.17, 15) is 4.79 Å². The van der Waals surface area contributed by atoms with Gasteiger partial charge in [0.2, 0.25) is 0 Å². The Bertz CT molecular complexity index is 345. The first kappa shape index (κ1) is 12.2. The summed E-state index contributed by atoms with van der Waals surface area (Å²) < 4.78 is 1.71. The largest absolute Gasteiger partial charge is 0.298 e. The molecule has 0 fully saturated rings. The average Bonchev–Trinajstić information content (AvgIpc) is 2.43. The quantitative estimate of drug-likeness (QED) is 0.727. The molecule has 0 aliphatic heterocycles. The molecule has 3 nitrogen and oxygen atoms in total. The van der Waals surface area contributed by atoms with Crippen LogP contribution in [0, 0.1) is 5.92 Å². The highest BCUT2D eigenvalue weighted by atomic mass is 35.5. The van der Waals surface area contributed by atoms with E-state index in [1.54, 1.807) is 4.68 Å². The minimum absolute atomic E-state index is 0.475. The van der Waals surface area contributed by atoms with Crippen LogP contribution in [-0.2, 0) is 13.0 Å². The molecule has 4 heteroatoms. The first-order valence-corrected chi connectivity index (χ1v) is 5.68. The predicted molar refractivity (Wildman–Crippen MR) is 61.5 cm³/mol. The number of aldehydes is 1. The molecule has 0 unspecified atom stereocenters. The summed E-state index contributed by atoms with van der Waals surface area (Å²) in [6.07, 6.45) is 2.56. The fraction of sp³-hybridized carbons (Fsp3) is 0.636. The fourth-order valence-electron chi connectivity index (χ4n) is 1.52. The molecule has 1 heterocycles. The molecule has 0 bridgehead atoms. The molecule has 0 N–H and O–H groups in total. The smallest absolute Gasteiger partial charge is 0.155 e. The maximum Gasteiger partial charge on any atom is 0.155 e. The lowest BCUT2D eigenvalue weighted by molar-refractivity contribution is 0.112. The molecule has 0 radical (unpaired) electrons. The van der Waals surface area contributed by atoms with Gasteiger partial charge in [-0.15, -0.1) is 0 Å². The maximum atomic E-state index is 10.9. The van der Waals surface area contributed by atoms with E-state index in [2.05, 4.69) is 25.9 Å². The molecule has 84 valence electrons. The van der Waals surface area contributed by atoms with Crippen LogP contribution in [-0.4, -0.2) is 16.1 Å². The van der Waals surface area contributed by atoms with Gasteiger partial charge in [0.25, 0.3) is 0 Å². The number of hydrogen-bond donors (Lipinski definition) is 0. The van der Waals surface area contributed by atoms with Crippen molar-refractivity contribution in [2.75, 3.05) is 0 Å². The maximum absolute atomic E-state index is 10.9. The van der Waals surface area contributed by atoms with Crippen LogP contribution in [0.15, 0.2) is 0 Å². The lowest BCUT2D eigenvalue weighted by atomic mass is 10.1. The fourth-order valence-corrected chi connectivity index (χ4v) is 1.79. The summed E-state index contributed by atoms with van der Waals surface area (Å²) in [7, 11) is 0. The van der Waals surface area contributed by atoms with Crippen molar-refractivity contribution in [1.29, 1.82) is 0 Å². The number of hydrogen-bond acceptors (Lipinski definition) is 2. The second-order valence-electron chi connectivity index (χ2n) is 4.09. The third kappa shape index (κ3) is 2.81. The van der Waals surface area contributed by atoms with E-state index in [1.807, 2.05) is 0 Å². The number of nitrogens with zero attached hydrogens (tertiary/aromatic N) is 2. The Morgan fingerprint density at radius 3 is 2.67 bits per heavy atom. The molecule has 0 spiro atoms. The van der Waals surface area contributed by atoms with Crippen molar-refractivity contribution < 1.29 is 4.79 Å². The van der Waals surface area contributed by atoms with Gasteiger partial charge >= 0.3 is 0 Å². The Kier molecular flexibility index (Phi) is 4.33. The Labute approximate surface area is 95.4 Å². The predicted octanol–water partition coefficient (Wildman–Crippen LogP) is 2.96. The van der Waals surface area contributed by atoms with Crippen molar-refractivity contribution in [3.63, 3.8) is 0 Å². The van der Waals surface area contributed by atoms with E-state index in [1.165, 1.54) is 0 Å². The van der Waals surface area contributed by atoms with Crippen molar-refractivity contribution in [2.24, 2.45) is 5.92 Å². The highest BCUT2D eigenvalue weighted by Crippen LogP contribution is 2.20. The minimum Gasteiger partial charge on any atom is -0.298 e. The number of carbonyl (C=O) groups is 1. The topological polar surface area (TPSA) is 34.9 Å². The van der Waals surface area contributed by atoms with Gasteiger partial charge in [-0.05, 0) is 18.8 Å². The van der Waals surface area contributed by atoms with E-state index in [4.69, 9.17) is 11.6 Å². The normalized spacial score (nSPS) is 11.0. The van der Waals surface area contributed by atoms with Crippen LogP contribution >= 0.6 is 11.6 Å². The molecule has 0 saturated heterocycles. The summed E-state index contributed by atoms with van der Waals surface area (Å²) in [5.74, 6) is 0.477. The van der Waals surface area contributed by atoms with Gasteiger partial charge in [-0.3, -0.25) is 9.48 Å². The molecule has 0 aliphatic rings. The Morgan fingerprint density at radius 2 is 2.20 bits per heavy atom. The van der Waals surface area contributed by atoms with Crippen LogP contribution in [0.5, 0.6) is 0 Å². The number of carbonyl (C=O) groups excluding carboxylic acids is 1. The third-order valence-corrected chi connectivity index (χ3v) is 2.55. The van der Waals surface area contributed by atoms with Gasteiger partial charge in [0, 0.05) is 6.54 Å². The van der Waals surface area contributed by atoms with E-state index in [0.29, 0.717) is 16.6 Å². The molecule has 0 saturated carbocycles. The summed E-state index contributed by atoms with van der Waals surface area (Å²) >= 11 is 6.06. The summed E-state index contributed by atoms with van der Waals surface area (Å²) in [4.78, 5) is 10.9. The van der Waals surface area contributed by atoms with Crippen molar-refractivity contribution >= 4 is 17.9 Å². The highest BCUT2D eigenvalue weighted by molar-refractivity contribution is 6.32. The van der Waals surface area contributed by atoms with Gasteiger partial charge in [-0.2, -0.15) is 5.10 Å². The monoisotopic (exact) mass is 228 g/mol. The van der Waals surface area contributed by atoms with Crippen LogP contribution in [0.25, 0.3) is 0 Å². The van der Waals surface area contributed by atoms with Gasteiger partial charge in [0.15, 0.2) is 6.29 Å². The van der Waals surface area contributed by atoms with Gasteiger partial charge < -0.3 is 0 Å². The zero-order valence-electron chi connectivity index (χ0n) is 9.46. The molecule has 1 aromatic rings. The molecule has 15 heavy (non-hydrogen) atoms. The summed E-state index contributed by atoms with van der Waals surface area (Å²) in [6.45, 7) is 7.02. The first-order chi connectivity index (χ1) is 7.10. The molecule has 1 aromatic heterocycles. The molecule has 0 aliphatic carbocycles. The van der Waals surface area contributed by atoms with Crippen molar-refractivity contribution in [3.05, 3.63) is 16.4 Å². The van der Waals surface area contributed by atoms with Crippen LogP contribution in [0.2, 0.25) is 5.15 Å². The van der Waals surface area contributed by atoms with E-state index < -0.39 is 0 Å². The van der Waals surface area contributed by atoms with Crippen LogP contribution in [0.4, 0.5) is 0 Å². The second kappa shape index (κ2) is 5.31. The van der Waals surface area contributed by atoms with Gasteiger partial charge in [-0.25, -0.2) is 0 Å². The van der Waals surface area contributed by atoms with Crippen LogP contribution in [0.3, 0.4) is 0 Å². The van der Waals surface area contributed by atoms with Gasteiger partial charge in [0.1, 0.15) is 5.15 Å². The lowest BCUT2D eigenvalue weighted by Crippen LogP contribution is -2.01. The molecule has 1 rings (SSSR count). The SMILES string of the molecule is CCCn1nc(CC(C)C)c(C=O)c1Cl. The number of halogens is 1. The van der Waals surface area contributed by atoms with Crippen molar-refractivity contribution in [1.82, 2.24) is 9.78 Å². The third-order valence-electron chi connectivity index (χ3n) is 2.16. The summed E-state index contributed by atoms with van der Waals surface area (Å²) in [5.41, 5.74) is 1.37. The average molecular weight is 229 g/mol. The van der Waals surface area contributed by atoms with Crippen molar-refractivity contribution in [2.45, 2.75) is 40.2 Å². The molecular weight excluding hydrogens is 212 g/mol. The van der Waals surface area contributed by atoms with Crippen LogP contribution < -0.4 is 0 Å². The molecule has 0 aromatic carbocycles. The van der Waals surface area contributed by atoms with E-state index >= 15 is 0 Å². The Morgan fingerprint density at radius 1 is 1.53 bits per heavy atom. The zero-order valence-corrected chi connectivity index (χ0v) is 10.2. The summed E-state index contributed by atoms with van der Waals surface area (Å²) in [5, 5.41) is 4.84. The first-order valence-electron chi connectivity index (χ1n) is 5.30. The van der Waals surface area contributed by atoms with E-state index in [0.717, 1.165) is 31.4 Å². The van der Waals surface area contributed by atoms with Crippen molar-refractivity contribution in [3.8, 4) is 0 Å². The molecule has 0 atom stereocenters. The number of aryl methyl sites for hydroxylation is 1. The van der Waals surface area contributed by atoms with Crippen LogP contribution in [0.1, 0.15) is 43.2 Å². The van der Waals surface area contributed by atoms with E-state index in [-0.39, 0.29) is 0 Å².